The first-order chi connectivity index (χ1) is 17.2. The standard InChI is InChI=1S/C26H37N3O7S/c1-18(25(31)27-26(2,3)4)28(16-19-9-11-20(34-5)12-10-19)24(30)17-29(37(8,32)33)22-15-21(35-6)13-14-23(22)36-7/h9-15,18H,16-17H2,1-8H3,(H,27,31)/t18-/m0/s1. The summed E-state index contributed by atoms with van der Waals surface area (Å²) in [5, 5.41) is 2.89. The Morgan fingerprint density at radius 2 is 1.51 bits per heavy atom. The van der Waals surface area contributed by atoms with Gasteiger partial charge in [0.25, 0.3) is 0 Å². The molecule has 0 saturated heterocycles. The van der Waals surface area contributed by atoms with Gasteiger partial charge in [-0.15, -0.1) is 0 Å². The highest BCUT2D eigenvalue weighted by Crippen LogP contribution is 2.34. The molecule has 2 amide bonds. The molecule has 0 saturated carbocycles. The Morgan fingerprint density at radius 1 is 0.946 bits per heavy atom. The van der Waals surface area contributed by atoms with Gasteiger partial charge in [-0.3, -0.25) is 13.9 Å². The van der Waals surface area contributed by atoms with Crippen LogP contribution >= 0.6 is 0 Å². The predicted octanol–water partition coefficient (Wildman–Crippen LogP) is 2.81. The third-order valence-corrected chi connectivity index (χ3v) is 6.64. The quantitative estimate of drug-likeness (QED) is 0.471. The van der Waals surface area contributed by atoms with Crippen molar-refractivity contribution in [1.82, 2.24) is 10.2 Å². The van der Waals surface area contributed by atoms with Crippen LogP contribution in [0.25, 0.3) is 0 Å². The smallest absolute Gasteiger partial charge is 0.244 e. The first-order valence-electron chi connectivity index (χ1n) is 11.6. The number of carbonyl (C=O) groups excluding carboxylic acids is 2. The number of amides is 2. The maximum Gasteiger partial charge on any atom is 0.244 e. The molecule has 0 spiro atoms. The van der Waals surface area contributed by atoms with Crippen LogP contribution in [0, 0.1) is 0 Å². The van der Waals surface area contributed by atoms with Crippen LogP contribution in [0.15, 0.2) is 42.5 Å². The molecule has 0 aromatic heterocycles. The Bertz CT molecular complexity index is 1190. The van der Waals surface area contributed by atoms with E-state index in [4.69, 9.17) is 14.2 Å². The lowest BCUT2D eigenvalue weighted by atomic mass is 10.1. The second-order valence-electron chi connectivity index (χ2n) is 9.59. The second kappa shape index (κ2) is 12.2. The van der Waals surface area contributed by atoms with Crippen LogP contribution in [0.5, 0.6) is 17.2 Å². The molecule has 1 N–H and O–H groups in total. The molecule has 37 heavy (non-hydrogen) atoms. The number of methoxy groups -OCH3 is 3. The largest absolute Gasteiger partial charge is 0.497 e. The summed E-state index contributed by atoms with van der Waals surface area (Å²) in [7, 11) is 0.482. The van der Waals surface area contributed by atoms with Crippen LogP contribution in [0.2, 0.25) is 0 Å². The fourth-order valence-electron chi connectivity index (χ4n) is 3.57. The van der Waals surface area contributed by atoms with Crippen molar-refractivity contribution in [3.8, 4) is 17.2 Å². The molecule has 2 aromatic carbocycles. The number of carbonyl (C=O) groups is 2. The number of sulfonamides is 1. The van der Waals surface area contributed by atoms with Crippen molar-refractivity contribution in [2.75, 3.05) is 38.4 Å². The van der Waals surface area contributed by atoms with Crippen molar-refractivity contribution >= 4 is 27.5 Å². The average molecular weight is 536 g/mol. The van der Waals surface area contributed by atoms with Crippen LogP contribution in [0.1, 0.15) is 33.3 Å². The van der Waals surface area contributed by atoms with Crippen LogP contribution in [-0.2, 0) is 26.2 Å². The van der Waals surface area contributed by atoms with Gasteiger partial charge in [0.2, 0.25) is 21.8 Å². The number of hydrogen-bond acceptors (Lipinski definition) is 7. The van der Waals surface area contributed by atoms with Crippen molar-refractivity contribution in [2.45, 2.75) is 45.8 Å². The number of benzene rings is 2. The lowest BCUT2D eigenvalue weighted by Crippen LogP contribution is -2.54. The third-order valence-electron chi connectivity index (χ3n) is 5.51. The fourth-order valence-corrected chi connectivity index (χ4v) is 4.42. The van der Waals surface area contributed by atoms with Gasteiger partial charge in [-0.1, -0.05) is 12.1 Å². The summed E-state index contributed by atoms with van der Waals surface area (Å²) in [5.41, 5.74) is 0.371. The molecule has 1 atom stereocenters. The molecular formula is C26H37N3O7S. The normalized spacial score (nSPS) is 12.3. The van der Waals surface area contributed by atoms with Gasteiger partial charge >= 0.3 is 0 Å². The van der Waals surface area contributed by atoms with Gasteiger partial charge < -0.3 is 24.4 Å². The Morgan fingerprint density at radius 3 is 2.00 bits per heavy atom. The van der Waals surface area contributed by atoms with E-state index in [9.17, 15) is 18.0 Å². The molecule has 0 fully saturated rings. The highest BCUT2D eigenvalue weighted by atomic mass is 32.2. The maximum atomic E-state index is 13.7. The number of ether oxygens (including phenoxy) is 3. The van der Waals surface area contributed by atoms with Gasteiger partial charge in [0.1, 0.15) is 29.8 Å². The monoisotopic (exact) mass is 535 g/mol. The third kappa shape index (κ3) is 8.28. The summed E-state index contributed by atoms with van der Waals surface area (Å²) in [5.74, 6) is 0.361. The zero-order valence-corrected chi connectivity index (χ0v) is 23.5. The van der Waals surface area contributed by atoms with Gasteiger partial charge in [-0.05, 0) is 57.5 Å². The van der Waals surface area contributed by atoms with Crippen molar-refractivity contribution < 1.29 is 32.2 Å². The highest BCUT2D eigenvalue weighted by molar-refractivity contribution is 7.92. The van der Waals surface area contributed by atoms with E-state index in [1.165, 1.54) is 25.2 Å². The number of nitrogens with zero attached hydrogens (tertiary/aromatic N) is 2. The number of anilines is 1. The summed E-state index contributed by atoms with van der Waals surface area (Å²) in [6.45, 7) is 6.66. The fraction of sp³-hybridized carbons (Fsp3) is 0.462. The van der Waals surface area contributed by atoms with E-state index in [0.29, 0.717) is 11.5 Å². The zero-order chi connectivity index (χ0) is 28.0. The number of nitrogens with one attached hydrogen (secondary N) is 1. The zero-order valence-electron chi connectivity index (χ0n) is 22.7. The summed E-state index contributed by atoms with van der Waals surface area (Å²) < 4.78 is 42.4. The minimum absolute atomic E-state index is 0.0778. The summed E-state index contributed by atoms with van der Waals surface area (Å²) in [4.78, 5) is 28.1. The molecule has 0 aliphatic rings. The molecule has 204 valence electrons. The molecule has 0 unspecified atom stereocenters. The molecule has 0 aliphatic carbocycles. The lowest BCUT2D eigenvalue weighted by Gasteiger charge is -2.33. The lowest BCUT2D eigenvalue weighted by molar-refractivity contribution is -0.140. The number of rotatable bonds is 11. The minimum atomic E-state index is -3.93. The molecule has 0 radical (unpaired) electrons. The Hall–Kier alpha value is -3.47. The highest BCUT2D eigenvalue weighted by Gasteiger charge is 2.32. The van der Waals surface area contributed by atoms with Crippen LogP contribution in [0.4, 0.5) is 5.69 Å². The second-order valence-corrected chi connectivity index (χ2v) is 11.5. The summed E-state index contributed by atoms with van der Waals surface area (Å²) in [6.07, 6.45) is 1.00. The Balaban J connectivity index is 2.49. The van der Waals surface area contributed by atoms with Gasteiger partial charge in [0.05, 0.1) is 33.3 Å². The summed E-state index contributed by atoms with van der Waals surface area (Å²) >= 11 is 0. The van der Waals surface area contributed by atoms with Gasteiger partial charge in [-0.2, -0.15) is 0 Å². The molecule has 2 aromatic rings. The van der Waals surface area contributed by atoms with E-state index in [1.54, 1.807) is 50.4 Å². The summed E-state index contributed by atoms with van der Waals surface area (Å²) in [6, 6.07) is 10.9. The van der Waals surface area contributed by atoms with Crippen molar-refractivity contribution in [2.24, 2.45) is 0 Å². The number of hydrogen-bond donors (Lipinski definition) is 1. The average Bonchev–Trinajstić information content (AvgIpc) is 2.83. The minimum Gasteiger partial charge on any atom is -0.497 e. The maximum absolute atomic E-state index is 13.7. The molecule has 0 aliphatic heterocycles. The van der Waals surface area contributed by atoms with E-state index >= 15 is 0 Å². The van der Waals surface area contributed by atoms with E-state index in [1.807, 2.05) is 20.8 Å². The Labute approximate surface area is 219 Å². The first-order valence-corrected chi connectivity index (χ1v) is 13.5. The van der Waals surface area contributed by atoms with Crippen molar-refractivity contribution in [1.29, 1.82) is 0 Å². The van der Waals surface area contributed by atoms with Gasteiger partial charge in [0.15, 0.2) is 0 Å². The SMILES string of the molecule is COc1ccc(CN(C(=O)CN(c2cc(OC)ccc2OC)S(C)(=O)=O)[C@@H](C)C(=O)NC(C)(C)C)cc1. The van der Waals surface area contributed by atoms with Gasteiger partial charge in [0, 0.05) is 18.2 Å². The van der Waals surface area contributed by atoms with Crippen molar-refractivity contribution in [3.05, 3.63) is 48.0 Å². The molecule has 2 rings (SSSR count). The molecular weight excluding hydrogens is 498 g/mol. The molecule has 0 bridgehead atoms. The Kier molecular flexibility index (Phi) is 9.80. The van der Waals surface area contributed by atoms with E-state index in [2.05, 4.69) is 5.32 Å². The predicted molar refractivity (Wildman–Crippen MR) is 143 cm³/mol. The molecule has 11 heteroatoms. The van der Waals surface area contributed by atoms with Crippen molar-refractivity contribution in [3.63, 3.8) is 0 Å². The topological polar surface area (TPSA) is 114 Å². The van der Waals surface area contributed by atoms with E-state index in [-0.39, 0.29) is 23.9 Å². The molecule has 0 heterocycles. The molecule has 10 nitrogen and oxygen atoms in total. The van der Waals surface area contributed by atoms with Crippen LogP contribution < -0.4 is 23.8 Å². The van der Waals surface area contributed by atoms with Crippen LogP contribution in [0.3, 0.4) is 0 Å². The van der Waals surface area contributed by atoms with Gasteiger partial charge in [-0.25, -0.2) is 8.42 Å². The first kappa shape index (κ1) is 29.8. The van der Waals surface area contributed by atoms with E-state index in [0.717, 1.165) is 16.1 Å². The van der Waals surface area contributed by atoms with Crippen LogP contribution in [-0.4, -0.2) is 70.8 Å². The van der Waals surface area contributed by atoms with E-state index < -0.39 is 34.1 Å².